The summed E-state index contributed by atoms with van der Waals surface area (Å²) in [5.74, 6) is 1.44. The van der Waals surface area contributed by atoms with Gasteiger partial charge in [0.05, 0.1) is 0 Å². The number of guanidine groups is 1. The summed E-state index contributed by atoms with van der Waals surface area (Å²) in [7, 11) is 0. The van der Waals surface area contributed by atoms with Gasteiger partial charge in [0.15, 0.2) is 5.96 Å². The summed E-state index contributed by atoms with van der Waals surface area (Å²) in [6.07, 6.45) is 7.97. The first kappa shape index (κ1) is 16.0. The molecular weight excluding hydrogens is 339 g/mol. The van der Waals surface area contributed by atoms with Crippen LogP contribution in [0.15, 0.2) is 4.99 Å². The Labute approximate surface area is 128 Å². The second kappa shape index (κ2) is 8.96. The second-order valence-corrected chi connectivity index (χ2v) is 5.35. The van der Waals surface area contributed by atoms with Gasteiger partial charge in [-0.1, -0.05) is 6.42 Å². The molecular formula is C13H27IN4. The summed E-state index contributed by atoms with van der Waals surface area (Å²) in [5.41, 5.74) is 5.82. The molecule has 0 bridgehead atoms. The van der Waals surface area contributed by atoms with Crippen LogP contribution in [0, 0.1) is 5.92 Å². The molecule has 4 nitrogen and oxygen atoms in total. The summed E-state index contributed by atoms with van der Waals surface area (Å²) in [6.45, 7) is 5.64. The fraction of sp³-hybridized carbons (Fsp3) is 0.923. The molecule has 1 aliphatic heterocycles. The summed E-state index contributed by atoms with van der Waals surface area (Å²) in [6, 6.07) is 0. The van der Waals surface area contributed by atoms with Crippen LogP contribution in [0.25, 0.3) is 0 Å². The molecule has 1 saturated heterocycles. The van der Waals surface area contributed by atoms with E-state index in [-0.39, 0.29) is 24.0 Å². The Morgan fingerprint density at radius 1 is 1.22 bits per heavy atom. The standard InChI is InChI=1S/C13H26N4.HI/c14-13(16-11-12-5-3-6-12)15-7-4-10-17-8-1-2-9-17;/h12H,1-11H2,(H3,14,15,16);1H. The van der Waals surface area contributed by atoms with Crippen LogP contribution >= 0.6 is 24.0 Å². The minimum absolute atomic E-state index is 0. The van der Waals surface area contributed by atoms with Crippen LogP contribution in [0.5, 0.6) is 0 Å². The normalized spacial score (nSPS) is 21.4. The van der Waals surface area contributed by atoms with Gasteiger partial charge >= 0.3 is 0 Å². The molecule has 0 aromatic rings. The number of nitrogens with two attached hydrogens (primary N) is 1. The van der Waals surface area contributed by atoms with Crippen LogP contribution in [0.4, 0.5) is 0 Å². The number of likely N-dealkylation sites (tertiary alicyclic amines) is 1. The quantitative estimate of drug-likeness (QED) is 0.326. The van der Waals surface area contributed by atoms with Crippen LogP contribution in [0.2, 0.25) is 0 Å². The van der Waals surface area contributed by atoms with E-state index >= 15 is 0 Å². The largest absolute Gasteiger partial charge is 0.370 e. The number of halogens is 1. The molecule has 1 heterocycles. The van der Waals surface area contributed by atoms with Crippen molar-refractivity contribution in [2.45, 2.75) is 38.5 Å². The molecule has 18 heavy (non-hydrogen) atoms. The molecule has 2 fully saturated rings. The van der Waals surface area contributed by atoms with E-state index in [4.69, 9.17) is 5.73 Å². The molecule has 0 amide bonds. The minimum Gasteiger partial charge on any atom is -0.370 e. The van der Waals surface area contributed by atoms with Crippen molar-refractivity contribution in [2.24, 2.45) is 16.6 Å². The average Bonchev–Trinajstić information content (AvgIpc) is 2.75. The molecule has 0 aromatic heterocycles. The van der Waals surface area contributed by atoms with E-state index in [1.807, 2.05) is 0 Å². The van der Waals surface area contributed by atoms with Gasteiger partial charge in [0.25, 0.3) is 0 Å². The summed E-state index contributed by atoms with van der Waals surface area (Å²) in [4.78, 5) is 6.92. The highest BCUT2D eigenvalue weighted by Crippen LogP contribution is 2.26. The van der Waals surface area contributed by atoms with Crippen LogP contribution in [-0.2, 0) is 0 Å². The molecule has 0 unspecified atom stereocenters. The van der Waals surface area contributed by atoms with Crippen LogP contribution in [0.3, 0.4) is 0 Å². The van der Waals surface area contributed by atoms with Crippen molar-refractivity contribution in [2.75, 3.05) is 32.7 Å². The molecule has 106 valence electrons. The summed E-state index contributed by atoms with van der Waals surface area (Å²) in [5, 5.41) is 3.21. The van der Waals surface area contributed by atoms with E-state index in [9.17, 15) is 0 Å². The first-order chi connectivity index (χ1) is 8.34. The molecule has 2 rings (SSSR count). The van der Waals surface area contributed by atoms with Crippen LogP contribution < -0.4 is 11.1 Å². The molecule has 5 heteroatoms. The smallest absolute Gasteiger partial charge is 0.188 e. The summed E-state index contributed by atoms with van der Waals surface area (Å²) < 4.78 is 0. The Balaban J connectivity index is 0.00000162. The highest BCUT2D eigenvalue weighted by atomic mass is 127. The van der Waals surface area contributed by atoms with Gasteiger partial charge in [-0.25, -0.2) is 0 Å². The number of aliphatic imine (C=N–C) groups is 1. The number of hydrogen-bond acceptors (Lipinski definition) is 2. The highest BCUT2D eigenvalue weighted by Gasteiger charge is 2.16. The third-order valence-electron chi connectivity index (χ3n) is 3.90. The molecule has 1 saturated carbocycles. The predicted octanol–water partition coefficient (Wildman–Crippen LogP) is 1.79. The maximum absolute atomic E-state index is 5.82. The zero-order valence-electron chi connectivity index (χ0n) is 11.2. The van der Waals surface area contributed by atoms with E-state index in [2.05, 4.69) is 15.2 Å². The van der Waals surface area contributed by atoms with Crippen LogP contribution in [-0.4, -0.2) is 43.6 Å². The Morgan fingerprint density at radius 3 is 2.56 bits per heavy atom. The molecule has 1 aliphatic carbocycles. The van der Waals surface area contributed by atoms with Gasteiger partial charge in [0, 0.05) is 13.1 Å². The average molecular weight is 366 g/mol. The zero-order chi connectivity index (χ0) is 11.9. The Kier molecular flexibility index (Phi) is 7.97. The van der Waals surface area contributed by atoms with E-state index in [1.54, 1.807) is 0 Å². The lowest BCUT2D eigenvalue weighted by Crippen LogP contribution is -2.34. The SMILES string of the molecule is I.NC(=NCC1CCC1)NCCCN1CCCC1. The number of rotatable bonds is 6. The predicted molar refractivity (Wildman–Crippen MR) is 87.5 cm³/mol. The molecule has 0 radical (unpaired) electrons. The van der Waals surface area contributed by atoms with Crippen molar-refractivity contribution in [1.29, 1.82) is 0 Å². The van der Waals surface area contributed by atoms with Gasteiger partial charge in [0.2, 0.25) is 0 Å². The van der Waals surface area contributed by atoms with Gasteiger partial charge in [-0.3, -0.25) is 4.99 Å². The van der Waals surface area contributed by atoms with Crippen molar-refractivity contribution in [3.8, 4) is 0 Å². The van der Waals surface area contributed by atoms with Gasteiger partial charge < -0.3 is 16.0 Å². The van der Waals surface area contributed by atoms with Crippen molar-refractivity contribution in [3.63, 3.8) is 0 Å². The molecule has 3 N–H and O–H groups in total. The lowest BCUT2D eigenvalue weighted by Gasteiger charge is -2.23. The third-order valence-corrected chi connectivity index (χ3v) is 3.90. The van der Waals surface area contributed by atoms with Crippen molar-refractivity contribution >= 4 is 29.9 Å². The number of hydrogen-bond donors (Lipinski definition) is 2. The third kappa shape index (κ3) is 5.73. The maximum Gasteiger partial charge on any atom is 0.188 e. The fourth-order valence-corrected chi connectivity index (χ4v) is 2.48. The number of nitrogens with one attached hydrogen (secondary N) is 1. The first-order valence-electron chi connectivity index (χ1n) is 7.11. The Bertz CT molecular complexity index is 247. The van der Waals surface area contributed by atoms with Crippen molar-refractivity contribution in [1.82, 2.24) is 10.2 Å². The maximum atomic E-state index is 5.82. The molecule has 2 aliphatic rings. The van der Waals surface area contributed by atoms with Gasteiger partial charge in [-0.05, 0) is 57.7 Å². The van der Waals surface area contributed by atoms with E-state index in [0.29, 0.717) is 5.96 Å². The molecule has 0 aromatic carbocycles. The van der Waals surface area contributed by atoms with Crippen molar-refractivity contribution < 1.29 is 0 Å². The Morgan fingerprint density at radius 2 is 1.94 bits per heavy atom. The Hall–Kier alpha value is -0.0400. The lowest BCUT2D eigenvalue weighted by molar-refractivity contribution is 0.325. The number of nitrogens with zero attached hydrogens (tertiary/aromatic N) is 2. The van der Waals surface area contributed by atoms with E-state index in [1.165, 1.54) is 58.2 Å². The molecule has 0 atom stereocenters. The van der Waals surface area contributed by atoms with Crippen LogP contribution in [0.1, 0.15) is 38.5 Å². The zero-order valence-corrected chi connectivity index (χ0v) is 13.6. The first-order valence-corrected chi connectivity index (χ1v) is 7.11. The molecule has 0 spiro atoms. The second-order valence-electron chi connectivity index (χ2n) is 5.35. The monoisotopic (exact) mass is 366 g/mol. The fourth-order valence-electron chi connectivity index (χ4n) is 2.48. The minimum atomic E-state index is 0. The topological polar surface area (TPSA) is 53.6 Å². The van der Waals surface area contributed by atoms with Gasteiger partial charge in [-0.2, -0.15) is 0 Å². The summed E-state index contributed by atoms with van der Waals surface area (Å²) >= 11 is 0. The lowest BCUT2D eigenvalue weighted by atomic mass is 9.86. The van der Waals surface area contributed by atoms with Crippen molar-refractivity contribution in [3.05, 3.63) is 0 Å². The van der Waals surface area contributed by atoms with Gasteiger partial charge in [-0.15, -0.1) is 24.0 Å². The van der Waals surface area contributed by atoms with Gasteiger partial charge in [0.1, 0.15) is 0 Å². The van der Waals surface area contributed by atoms with E-state index < -0.39 is 0 Å². The van der Waals surface area contributed by atoms with E-state index in [0.717, 1.165) is 19.0 Å². The highest BCUT2D eigenvalue weighted by molar-refractivity contribution is 14.0.